The second-order valence-corrected chi connectivity index (χ2v) is 4.14. The summed E-state index contributed by atoms with van der Waals surface area (Å²) in [5.74, 6) is 0. The fourth-order valence-corrected chi connectivity index (χ4v) is 1.70. The van der Waals surface area contributed by atoms with Crippen molar-refractivity contribution in [3.8, 4) is 0 Å². The van der Waals surface area contributed by atoms with E-state index in [1.54, 1.807) is 18.9 Å². The number of nitrogens with one attached hydrogen (secondary N) is 1. The van der Waals surface area contributed by atoms with Gasteiger partial charge in [-0.15, -0.1) is 11.8 Å². The average Bonchev–Trinajstić information content (AvgIpc) is 2.34. The van der Waals surface area contributed by atoms with Gasteiger partial charge in [-0.25, -0.2) is 0 Å². The van der Waals surface area contributed by atoms with Gasteiger partial charge in [0.15, 0.2) is 0 Å². The van der Waals surface area contributed by atoms with Crippen LogP contribution >= 0.6 is 11.8 Å². The van der Waals surface area contributed by atoms with Gasteiger partial charge < -0.3 is 14.8 Å². The highest BCUT2D eigenvalue weighted by atomic mass is 32.2. The minimum atomic E-state index is 0.655. The van der Waals surface area contributed by atoms with Gasteiger partial charge in [-0.1, -0.05) is 6.07 Å². The van der Waals surface area contributed by atoms with Crippen molar-refractivity contribution in [2.45, 2.75) is 4.90 Å². The van der Waals surface area contributed by atoms with Gasteiger partial charge in [0.1, 0.15) is 0 Å². The molecule has 0 aliphatic carbocycles. The van der Waals surface area contributed by atoms with Crippen LogP contribution in [0.3, 0.4) is 0 Å². The van der Waals surface area contributed by atoms with E-state index in [0.29, 0.717) is 19.8 Å². The molecule has 90 valence electrons. The normalized spacial score (nSPS) is 10.4. The van der Waals surface area contributed by atoms with Crippen molar-refractivity contribution in [2.75, 3.05) is 45.0 Å². The number of hydrogen-bond acceptors (Lipinski definition) is 4. The average molecular weight is 241 g/mol. The Bertz CT molecular complexity index is 294. The van der Waals surface area contributed by atoms with Gasteiger partial charge in [0.05, 0.1) is 19.8 Å². The molecule has 0 aliphatic rings. The standard InChI is InChI=1S/C12H19NO2S/c1-14-8-9-15-7-6-13-11-4-3-5-12(10-11)16-2/h3-5,10,13H,6-9H2,1-2H3. The van der Waals surface area contributed by atoms with Gasteiger partial charge in [0, 0.05) is 24.2 Å². The number of hydrogen-bond donors (Lipinski definition) is 1. The minimum Gasteiger partial charge on any atom is -0.383 e. The summed E-state index contributed by atoms with van der Waals surface area (Å²) in [5, 5.41) is 3.32. The van der Waals surface area contributed by atoms with Gasteiger partial charge in [0.25, 0.3) is 0 Å². The molecule has 0 atom stereocenters. The first-order chi connectivity index (χ1) is 7.86. The summed E-state index contributed by atoms with van der Waals surface area (Å²) in [7, 11) is 1.68. The molecule has 1 N–H and O–H groups in total. The molecular weight excluding hydrogens is 222 g/mol. The molecule has 1 aromatic carbocycles. The quantitative estimate of drug-likeness (QED) is 0.559. The van der Waals surface area contributed by atoms with Crippen LogP contribution in [0.2, 0.25) is 0 Å². The maximum Gasteiger partial charge on any atom is 0.0701 e. The van der Waals surface area contributed by atoms with Gasteiger partial charge in [-0.05, 0) is 24.5 Å². The van der Waals surface area contributed by atoms with Crippen LogP contribution in [-0.2, 0) is 9.47 Å². The molecule has 1 rings (SSSR count). The monoisotopic (exact) mass is 241 g/mol. The molecule has 0 aromatic heterocycles. The third-order valence-corrected chi connectivity index (χ3v) is 2.80. The Labute approximate surface area is 102 Å². The Morgan fingerprint density at radius 2 is 2.12 bits per heavy atom. The van der Waals surface area contributed by atoms with E-state index in [1.165, 1.54) is 4.90 Å². The second-order valence-electron chi connectivity index (χ2n) is 3.26. The third kappa shape index (κ3) is 5.39. The zero-order chi connectivity index (χ0) is 11.6. The molecule has 0 radical (unpaired) electrons. The van der Waals surface area contributed by atoms with E-state index in [-0.39, 0.29) is 0 Å². The zero-order valence-corrected chi connectivity index (χ0v) is 10.7. The van der Waals surface area contributed by atoms with Crippen molar-refractivity contribution in [3.63, 3.8) is 0 Å². The van der Waals surface area contributed by atoms with E-state index in [2.05, 4.69) is 35.8 Å². The van der Waals surface area contributed by atoms with Gasteiger partial charge in [-0.3, -0.25) is 0 Å². The molecule has 0 bridgehead atoms. The first kappa shape index (κ1) is 13.4. The molecule has 0 spiro atoms. The van der Waals surface area contributed by atoms with Crippen molar-refractivity contribution >= 4 is 17.4 Å². The zero-order valence-electron chi connectivity index (χ0n) is 9.86. The van der Waals surface area contributed by atoms with Crippen LogP contribution in [0.25, 0.3) is 0 Å². The van der Waals surface area contributed by atoms with Crippen molar-refractivity contribution in [1.29, 1.82) is 0 Å². The summed E-state index contributed by atoms with van der Waals surface area (Å²) in [6, 6.07) is 8.36. The lowest BCUT2D eigenvalue weighted by Gasteiger charge is -2.08. The number of benzene rings is 1. The SMILES string of the molecule is COCCOCCNc1cccc(SC)c1. The van der Waals surface area contributed by atoms with E-state index in [1.807, 2.05) is 0 Å². The Hall–Kier alpha value is -0.710. The van der Waals surface area contributed by atoms with E-state index in [0.717, 1.165) is 12.2 Å². The molecule has 0 amide bonds. The highest BCUT2D eigenvalue weighted by Crippen LogP contribution is 2.18. The summed E-state index contributed by atoms with van der Waals surface area (Å²) in [5.41, 5.74) is 1.14. The molecule has 0 saturated heterocycles. The first-order valence-corrected chi connectivity index (χ1v) is 6.54. The van der Waals surface area contributed by atoms with Gasteiger partial charge in [0.2, 0.25) is 0 Å². The van der Waals surface area contributed by atoms with Crippen LogP contribution in [0.5, 0.6) is 0 Å². The molecule has 0 saturated carbocycles. The molecule has 4 heteroatoms. The van der Waals surface area contributed by atoms with Crippen LogP contribution in [-0.4, -0.2) is 39.7 Å². The fourth-order valence-electron chi connectivity index (χ4n) is 1.24. The van der Waals surface area contributed by atoms with E-state index >= 15 is 0 Å². The number of anilines is 1. The molecule has 0 unspecified atom stereocenters. The topological polar surface area (TPSA) is 30.5 Å². The fraction of sp³-hybridized carbons (Fsp3) is 0.500. The van der Waals surface area contributed by atoms with Crippen molar-refractivity contribution in [2.24, 2.45) is 0 Å². The maximum absolute atomic E-state index is 5.36. The third-order valence-electron chi connectivity index (χ3n) is 2.08. The van der Waals surface area contributed by atoms with Crippen molar-refractivity contribution < 1.29 is 9.47 Å². The minimum absolute atomic E-state index is 0.655. The van der Waals surface area contributed by atoms with E-state index < -0.39 is 0 Å². The maximum atomic E-state index is 5.36. The lowest BCUT2D eigenvalue weighted by atomic mass is 10.3. The second kappa shape index (κ2) is 8.44. The lowest BCUT2D eigenvalue weighted by Crippen LogP contribution is -2.11. The summed E-state index contributed by atoms with van der Waals surface area (Å²) >= 11 is 1.75. The summed E-state index contributed by atoms with van der Waals surface area (Å²) < 4.78 is 10.2. The molecule has 16 heavy (non-hydrogen) atoms. The number of rotatable bonds is 8. The molecule has 0 heterocycles. The predicted octanol–water partition coefficient (Wildman–Crippen LogP) is 2.48. The van der Waals surface area contributed by atoms with Crippen molar-refractivity contribution in [3.05, 3.63) is 24.3 Å². The molecule has 1 aromatic rings. The van der Waals surface area contributed by atoms with Gasteiger partial charge >= 0.3 is 0 Å². The predicted molar refractivity (Wildman–Crippen MR) is 69.4 cm³/mol. The van der Waals surface area contributed by atoms with Crippen LogP contribution in [0.15, 0.2) is 29.2 Å². The molecule has 0 aliphatic heterocycles. The number of thioether (sulfide) groups is 1. The number of methoxy groups -OCH3 is 1. The largest absolute Gasteiger partial charge is 0.383 e. The highest BCUT2D eigenvalue weighted by Gasteiger charge is 1.94. The van der Waals surface area contributed by atoms with E-state index in [4.69, 9.17) is 9.47 Å². The van der Waals surface area contributed by atoms with Crippen LogP contribution in [0.4, 0.5) is 5.69 Å². The van der Waals surface area contributed by atoms with Crippen LogP contribution < -0.4 is 5.32 Å². The summed E-state index contributed by atoms with van der Waals surface area (Å²) in [6.07, 6.45) is 2.08. The van der Waals surface area contributed by atoms with Crippen molar-refractivity contribution in [1.82, 2.24) is 0 Å². The Morgan fingerprint density at radius 3 is 2.88 bits per heavy atom. The summed E-state index contributed by atoms with van der Waals surface area (Å²) in [4.78, 5) is 1.27. The lowest BCUT2D eigenvalue weighted by molar-refractivity contribution is 0.0759. The Balaban J connectivity index is 2.16. The molecule has 0 fully saturated rings. The Kier molecular flexibility index (Phi) is 7.05. The number of ether oxygens (including phenoxy) is 2. The highest BCUT2D eigenvalue weighted by molar-refractivity contribution is 7.98. The first-order valence-electron chi connectivity index (χ1n) is 5.31. The summed E-state index contributed by atoms with van der Waals surface area (Å²) in [6.45, 7) is 2.83. The Morgan fingerprint density at radius 1 is 1.25 bits per heavy atom. The van der Waals surface area contributed by atoms with E-state index in [9.17, 15) is 0 Å². The van der Waals surface area contributed by atoms with Crippen LogP contribution in [0.1, 0.15) is 0 Å². The molecular formula is C12H19NO2S. The smallest absolute Gasteiger partial charge is 0.0701 e. The molecule has 3 nitrogen and oxygen atoms in total. The van der Waals surface area contributed by atoms with Crippen LogP contribution in [0, 0.1) is 0 Å². The van der Waals surface area contributed by atoms with Gasteiger partial charge in [-0.2, -0.15) is 0 Å².